The minimum atomic E-state index is -4.19. The molecule has 2 amide bonds. The van der Waals surface area contributed by atoms with Gasteiger partial charge >= 0.3 is 6.09 Å². The van der Waals surface area contributed by atoms with Gasteiger partial charge in [-0.05, 0) is 18.1 Å². The number of aromatic nitrogens is 1. The number of pyridine rings is 1. The average Bonchev–Trinajstić information content (AvgIpc) is 2.65. The second-order valence-corrected chi connectivity index (χ2v) is 7.96. The monoisotopic (exact) mass is 415 g/mol. The van der Waals surface area contributed by atoms with E-state index in [0.29, 0.717) is 18.4 Å². The molecule has 0 spiro atoms. The van der Waals surface area contributed by atoms with Gasteiger partial charge in [-0.2, -0.15) is 12.7 Å². The zero-order valence-corrected chi connectivity index (χ0v) is 16.8. The Morgan fingerprint density at radius 3 is 2.46 bits per heavy atom. The first-order valence-electron chi connectivity index (χ1n) is 8.53. The van der Waals surface area contributed by atoms with Crippen molar-refractivity contribution in [2.75, 3.05) is 14.1 Å². The van der Waals surface area contributed by atoms with E-state index in [4.69, 9.17) is 0 Å². The van der Waals surface area contributed by atoms with Crippen molar-refractivity contribution < 1.29 is 27.9 Å². The van der Waals surface area contributed by atoms with Crippen molar-refractivity contribution in [3.63, 3.8) is 0 Å². The van der Waals surface area contributed by atoms with E-state index in [1.165, 1.54) is 20.3 Å². The molecule has 0 aromatic carbocycles. The first-order chi connectivity index (χ1) is 13.1. The van der Waals surface area contributed by atoms with Gasteiger partial charge in [-0.15, -0.1) is 4.83 Å². The van der Waals surface area contributed by atoms with Gasteiger partial charge in [0.25, 0.3) is 16.1 Å². The largest absolute Gasteiger partial charge is 0.464 e. The van der Waals surface area contributed by atoms with Gasteiger partial charge in [0.2, 0.25) is 5.78 Å². The maximum absolute atomic E-state index is 12.6. The Morgan fingerprint density at radius 1 is 1.29 bits per heavy atom. The molecule has 0 saturated heterocycles. The minimum absolute atomic E-state index is 0.0160. The van der Waals surface area contributed by atoms with Crippen LogP contribution >= 0.6 is 0 Å². The number of hydrogen-bond donors (Lipinski definition) is 3. The minimum Gasteiger partial charge on any atom is -0.464 e. The van der Waals surface area contributed by atoms with E-state index in [1.54, 1.807) is 18.3 Å². The Labute approximate surface area is 163 Å². The van der Waals surface area contributed by atoms with Crippen LogP contribution in [0.15, 0.2) is 24.5 Å². The summed E-state index contributed by atoms with van der Waals surface area (Å²) in [6.07, 6.45) is 2.39. The van der Waals surface area contributed by atoms with Crippen LogP contribution in [0, 0.1) is 0 Å². The SMILES string of the molecule is CCCCC(C(=O)C(=O)NCc1cccnc1)N(NS(=O)(=O)N(C)C)C(=O)O. The van der Waals surface area contributed by atoms with Crippen LogP contribution in [-0.4, -0.2) is 65.7 Å². The number of carboxylic acid groups (broad SMARTS) is 1. The van der Waals surface area contributed by atoms with E-state index in [1.807, 2.05) is 11.8 Å². The number of hydrazine groups is 1. The lowest BCUT2D eigenvalue weighted by molar-refractivity contribution is -0.141. The molecule has 1 aromatic heterocycles. The number of Topliss-reactive ketones (excluding diaryl/α,β-unsaturated/α-hetero) is 1. The smallest absolute Gasteiger partial charge is 0.423 e. The van der Waals surface area contributed by atoms with Gasteiger partial charge in [0.05, 0.1) is 0 Å². The highest BCUT2D eigenvalue weighted by Crippen LogP contribution is 2.11. The molecule has 0 aliphatic carbocycles. The zero-order chi connectivity index (χ0) is 21.3. The second-order valence-electron chi connectivity index (χ2n) is 6.10. The van der Waals surface area contributed by atoms with Gasteiger partial charge < -0.3 is 10.4 Å². The van der Waals surface area contributed by atoms with Crippen molar-refractivity contribution in [3.8, 4) is 0 Å². The van der Waals surface area contributed by atoms with Crippen LogP contribution in [0.2, 0.25) is 0 Å². The molecule has 1 atom stereocenters. The van der Waals surface area contributed by atoms with Crippen LogP contribution in [0.5, 0.6) is 0 Å². The van der Waals surface area contributed by atoms with E-state index in [2.05, 4.69) is 10.3 Å². The lowest BCUT2D eigenvalue weighted by atomic mass is 10.0. The third kappa shape index (κ3) is 6.87. The fourth-order valence-electron chi connectivity index (χ4n) is 2.14. The van der Waals surface area contributed by atoms with E-state index < -0.39 is 34.0 Å². The van der Waals surface area contributed by atoms with Crippen molar-refractivity contribution >= 4 is 28.0 Å². The van der Waals surface area contributed by atoms with E-state index in [9.17, 15) is 27.9 Å². The van der Waals surface area contributed by atoms with Gasteiger partial charge in [0, 0.05) is 33.0 Å². The lowest BCUT2D eigenvalue weighted by Crippen LogP contribution is -2.58. The predicted molar refractivity (Wildman–Crippen MR) is 100 cm³/mol. The molecule has 28 heavy (non-hydrogen) atoms. The van der Waals surface area contributed by atoms with Crippen LogP contribution in [0.1, 0.15) is 31.7 Å². The number of rotatable bonds is 11. The van der Waals surface area contributed by atoms with Crippen LogP contribution < -0.4 is 10.1 Å². The molecule has 1 aromatic rings. The molecule has 3 N–H and O–H groups in total. The highest BCUT2D eigenvalue weighted by molar-refractivity contribution is 7.87. The fourth-order valence-corrected chi connectivity index (χ4v) is 2.76. The Kier molecular flexibility index (Phi) is 8.96. The van der Waals surface area contributed by atoms with Gasteiger partial charge in [-0.3, -0.25) is 14.6 Å². The standard InChI is InChI=1S/C16H25N5O6S/c1-4-5-8-13(21(16(24)25)19-28(26,27)20(2)3)14(22)15(23)18-11-12-7-6-9-17-10-12/h6-7,9-10,13,19H,4-5,8,11H2,1-3H3,(H,18,23)(H,24,25). The van der Waals surface area contributed by atoms with Crippen molar-refractivity contribution in [1.82, 2.24) is 24.4 Å². The van der Waals surface area contributed by atoms with E-state index in [-0.39, 0.29) is 18.0 Å². The molecule has 0 radical (unpaired) electrons. The molecule has 0 bridgehead atoms. The van der Waals surface area contributed by atoms with Crippen molar-refractivity contribution in [1.29, 1.82) is 0 Å². The lowest BCUT2D eigenvalue weighted by Gasteiger charge is -2.28. The zero-order valence-electron chi connectivity index (χ0n) is 16.0. The van der Waals surface area contributed by atoms with E-state index in [0.717, 1.165) is 4.31 Å². The summed E-state index contributed by atoms with van der Waals surface area (Å²) < 4.78 is 24.8. The molecule has 1 unspecified atom stereocenters. The number of ketones is 1. The number of nitrogens with one attached hydrogen (secondary N) is 2. The van der Waals surface area contributed by atoms with Gasteiger partial charge in [-0.1, -0.05) is 25.8 Å². The molecule has 1 rings (SSSR count). The molecule has 156 valence electrons. The van der Waals surface area contributed by atoms with Gasteiger partial charge in [0.15, 0.2) is 0 Å². The summed E-state index contributed by atoms with van der Waals surface area (Å²) in [7, 11) is -1.79. The molecular weight excluding hydrogens is 390 g/mol. The summed E-state index contributed by atoms with van der Waals surface area (Å²) in [5.41, 5.74) is 0.650. The Hall–Kier alpha value is -2.57. The van der Waals surface area contributed by atoms with Gasteiger partial charge in [0.1, 0.15) is 6.04 Å². The van der Waals surface area contributed by atoms with Crippen molar-refractivity contribution in [2.24, 2.45) is 0 Å². The molecule has 0 aliphatic rings. The van der Waals surface area contributed by atoms with Crippen LogP contribution in [0.3, 0.4) is 0 Å². The van der Waals surface area contributed by atoms with Crippen molar-refractivity contribution in [3.05, 3.63) is 30.1 Å². The normalized spacial score (nSPS) is 12.4. The number of carbonyl (C=O) groups excluding carboxylic acids is 2. The third-order valence-corrected chi connectivity index (χ3v) is 5.13. The molecule has 0 saturated carbocycles. The van der Waals surface area contributed by atoms with E-state index >= 15 is 0 Å². The highest BCUT2D eigenvalue weighted by Gasteiger charge is 2.36. The predicted octanol–water partition coefficient (Wildman–Crippen LogP) is 0.117. The molecule has 0 fully saturated rings. The summed E-state index contributed by atoms with van der Waals surface area (Å²) in [6, 6.07) is 1.86. The maximum Gasteiger partial charge on any atom is 0.423 e. The molecule has 1 heterocycles. The Bertz CT molecular complexity index is 784. The summed E-state index contributed by atoms with van der Waals surface area (Å²) in [5.74, 6) is -2.07. The van der Waals surface area contributed by atoms with Crippen LogP contribution in [0.4, 0.5) is 4.79 Å². The average molecular weight is 415 g/mol. The number of carbonyl (C=O) groups is 3. The number of unbranched alkanes of at least 4 members (excludes halogenated alkanes) is 1. The number of nitrogens with zero attached hydrogens (tertiary/aromatic N) is 3. The quantitative estimate of drug-likeness (QED) is 0.343. The summed E-state index contributed by atoms with van der Waals surface area (Å²) in [4.78, 5) is 42.2. The Morgan fingerprint density at radius 2 is 1.96 bits per heavy atom. The topological polar surface area (TPSA) is 149 Å². The maximum atomic E-state index is 12.6. The molecule has 11 nitrogen and oxygen atoms in total. The van der Waals surface area contributed by atoms with Gasteiger partial charge in [-0.25, -0.2) is 9.80 Å². The fraction of sp³-hybridized carbons (Fsp3) is 0.500. The molecule has 12 heteroatoms. The summed E-state index contributed by atoms with van der Waals surface area (Å²) >= 11 is 0. The van der Waals surface area contributed by atoms with Crippen molar-refractivity contribution in [2.45, 2.75) is 38.8 Å². The first kappa shape index (κ1) is 23.5. The number of hydrogen-bond acceptors (Lipinski definition) is 6. The molecular formula is C16H25N5O6S. The Balaban J connectivity index is 2.99. The summed E-state index contributed by atoms with van der Waals surface area (Å²) in [5, 5.41) is 12.1. The summed E-state index contributed by atoms with van der Waals surface area (Å²) in [6.45, 7) is 1.84. The second kappa shape index (κ2) is 10.7. The number of amides is 2. The third-order valence-electron chi connectivity index (χ3n) is 3.75. The molecule has 0 aliphatic heterocycles. The van der Waals surface area contributed by atoms with Crippen LogP contribution in [-0.2, 0) is 26.3 Å². The highest BCUT2D eigenvalue weighted by atomic mass is 32.2. The van der Waals surface area contributed by atoms with Crippen LogP contribution in [0.25, 0.3) is 0 Å². The first-order valence-corrected chi connectivity index (χ1v) is 9.97.